The Kier molecular flexibility index (Phi) is 10.1. The van der Waals surface area contributed by atoms with Crippen LogP contribution in [0.2, 0.25) is 0 Å². The summed E-state index contributed by atoms with van der Waals surface area (Å²) in [6.07, 6.45) is 3.48. The smallest absolute Gasteiger partial charge is 0.338 e. The Morgan fingerprint density at radius 3 is 1.81 bits per heavy atom. The number of carbonyl (C=O) groups is 3. The van der Waals surface area contributed by atoms with E-state index in [-0.39, 0.29) is 41.8 Å². The predicted molar refractivity (Wildman–Crippen MR) is 161 cm³/mol. The number of ether oxygens (including phenoxy) is 4. The van der Waals surface area contributed by atoms with E-state index in [2.05, 4.69) is 6.92 Å². The number of benzene rings is 3. The highest BCUT2D eigenvalue weighted by Crippen LogP contribution is 2.45. The first-order chi connectivity index (χ1) is 20.8. The van der Waals surface area contributed by atoms with E-state index in [1.165, 1.54) is 0 Å². The maximum absolute atomic E-state index is 12.4. The van der Waals surface area contributed by atoms with Crippen molar-refractivity contribution in [3.63, 3.8) is 0 Å². The zero-order valence-electron chi connectivity index (χ0n) is 24.9. The van der Waals surface area contributed by atoms with Crippen molar-refractivity contribution in [3.8, 4) is 0 Å². The fraction of sp³-hybridized carbons (Fsp3) is 0.417. The predicted octanol–water partition coefficient (Wildman–Crippen LogP) is 7.12. The number of esters is 2. The Bertz CT molecular complexity index is 1360. The lowest BCUT2D eigenvalue weighted by Crippen LogP contribution is -2.44. The highest BCUT2D eigenvalue weighted by atomic mass is 16.7. The molecule has 1 heterocycles. The van der Waals surface area contributed by atoms with E-state index in [1.54, 1.807) is 36.4 Å². The van der Waals surface area contributed by atoms with E-state index in [1.807, 2.05) is 61.5 Å². The summed E-state index contributed by atoms with van der Waals surface area (Å²) in [4.78, 5) is 35.6. The molecule has 0 bridgehead atoms. The van der Waals surface area contributed by atoms with Gasteiger partial charge in [-0.25, -0.2) is 9.59 Å². The standard InChI is InChI=1S/C22H24O4.C14H16O3/c1-16-12-19(25-20(23)17-8-4-2-5-9-17)14-22(13-16)15-24-21(26-22)18-10-6-3-7-11-18;1-10-7-12(15)9-13(8-10)17-14(16)11-5-3-2-4-6-11/h2-11,16,19,21H,12-15H2,1H3;2-6,10,13H,7-9H2,1H3/t16-,19+,21?,22+;10-,13-/m01/s1. The second-order valence-corrected chi connectivity index (χ2v) is 12.2. The van der Waals surface area contributed by atoms with Crippen LogP contribution in [0.15, 0.2) is 91.0 Å². The van der Waals surface area contributed by atoms with E-state index in [4.69, 9.17) is 18.9 Å². The third-order valence-corrected chi connectivity index (χ3v) is 8.18. The van der Waals surface area contributed by atoms with Gasteiger partial charge in [-0.15, -0.1) is 0 Å². The van der Waals surface area contributed by atoms with E-state index >= 15 is 0 Å². The van der Waals surface area contributed by atoms with Gasteiger partial charge in [0.1, 0.15) is 18.0 Å². The molecule has 1 unspecified atom stereocenters. The molecule has 0 N–H and O–H groups in total. The second-order valence-electron chi connectivity index (χ2n) is 12.2. The van der Waals surface area contributed by atoms with Gasteiger partial charge >= 0.3 is 11.9 Å². The van der Waals surface area contributed by atoms with Crippen LogP contribution in [-0.4, -0.2) is 42.1 Å². The average Bonchev–Trinajstić information content (AvgIpc) is 3.40. The van der Waals surface area contributed by atoms with Crippen LogP contribution in [0.1, 0.15) is 84.9 Å². The first kappa shape index (κ1) is 30.6. The molecule has 226 valence electrons. The third kappa shape index (κ3) is 8.39. The Hall–Kier alpha value is -3.81. The molecule has 1 spiro atoms. The summed E-state index contributed by atoms with van der Waals surface area (Å²) in [6.45, 7) is 4.74. The van der Waals surface area contributed by atoms with Gasteiger partial charge in [0.25, 0.3) is 0 Å². The maximum Gasteiger partial charge on any atom is 0.338 e. The van der Waals surface area contributed by atoms with Crippen molar-refractivity contribution >= 4 is 17.7 Å². The summed E-state index contributed by atoms with van der Waals surface area (Å²) in [7, 11) is 0. The van der Waals surface area contributed by atoms with Gasteiger partial charge in [-0.2, -0.15) is 0 Å². The van der Waals surface area contributed by atoms with Gasteiger partial charge in [-0.3, -0.25) is 4.79 Å². The molecule has 1 saturated heterocycles. The summed E-state index contributed by atoms with van der Waals surface area (Å²) in [5.74, 6) is 0.311. The molecular formula is C36H40O7. The molecule has 0 aromatic heterocycles. The van der Waals surface area contributed by atoms with Gasteiger partial charge in [0, 0.05) is 24.8 Å². The Balaban J connectivity index is 0.000000188. The molecular weight excluding hydrogens is 544 g/mol. The maximum atomic E-state index is 12.4. The quantitative estimate of drug-likeness (QED) is 0.295. The normalized spacial score (nSPS) is 28.4. The number of hydrogen-bond donors (Lipinski definition) is 0. The van der Waals surface area contributed by atoms with Crippen LogP contribution in [0.3, 0.4) is 0 Å². The third-order valence-electron chi connectivity index (χ3n) is 8.18. The van der Waals surface area contributed by atoms with E-state index in [9.17, 15) is 14.4 Å². The molecule has 7 heteroatoms. The van der Waals surface area contributed by atoms with Gasteiger partial charge in [-0.05, 0) is 55.4 Å². The molecule has 7 nitrogen and oxygen atoms in total. The van der Waals surface area contributed by atoms with Crippen LogP contribution in [0.5, 0.6) is 0 Å². The summed E-state index contributed by atoms with van der Waals surface area (Å²) in [5.41, 5.74) is 1.78. The van der Waals surface area contributed by atoms with Crippen LogP contribution in [0.4, 0.5) is 0 Å². The minimum Gasteiger partial charge on any atom is -0.459 e. The van der Waals surface area contributed by atoms with Crippen molar-refractivity contribution in [2.24, 2.45) is 11.8 Å². The first-order valence-corrected chi connectivity index (χ1v) is 15.2. The van der Waals surface area contributed by atoms with E-state index < -0.39 is 0 Å². The van der Waals surface area contributed by atoms with Crippen molar-refractivity contribution in [1.29, 1.82) is 0 Å². The van der Waals surface area contributed by atoms with Gasteiger partial charge in [0.05, 0.1) is 23.3 Å². The van der Waals surface area contributed by atoms with Crippen molar-refractivity contribution in [1.82, 2.24) is 0 Å². The molecule has 6 atom stereocenters. The zero-order chi connectivity index (χ0) is 30.2. The van der Waals surface area contributed by atoms with Crippen LogP contribution in [-0.2, 0) is 23.7 Å². The highest BCUT2D eigenvalue weighted by molar-refractivity contribution is 5.90. The number of carbonyl (C=O) groups excluding carboxylic acids is 3. The lowest BCUT2D eigenvalue weighted by atomic mass is 9.77. The SMILES string of the molecule is C[C@@H]1CC(=O)C[C@H](OC(=O)c2ccccc2)C1.C[C@H]1C[C@@H](OC(=O)c2ccccc2)C[C@@]2(COC(c3ccccc3)O2)C1. The zero-order valence-corrected chi connectivity index (χ0v) is 24.9. The van der Waals surface area contributed by atoms with E-state index in [0.717, 1.165) is 24.8 Å². The molecule has 6 rings (SSSR count). The Labute approximate surface area is 253 Å². The van der Waals surface area contributed by atoms with Crippen LogP contribution in [0, 0.1) is 11.8 Å². The first-order valence-electron chi connectivity index (χ1n) is 15.2. The molecule has 0 radical (unpaired) electrons. The number of ketones is 1. The molecule has 2 saturated carbocycles. The second kappa shape index (κ2) is 14.1. The van der Waals surface area contributed by atoms with Crippen LogP contribution in [0.25, 0.3) is 0 Å². The molecule has 3 aliphatic rings. The average molecular weight is 585 g/mol. The van der Waals surface area contributed by atoms with Crippen LogP contribution >= 0.6 is 0 Å². The summed E-state index contributed by atoms with van der Waals surface area (Å²) >= 11 is 0. The molecule has 43 heavy (non-hydrogen) atoms. The molecule has 2 aliphatic carbocycles. The summed E-state index contributed by atoms with van der Waals surface area (Å²) < 4.78 is 23.5. The van der Waals surface area contributed by atoms with Crippen molar-refractivity contribution in [2.45, 2.75) is 76.5 Å². The lowest BCUT2D eigenvalue weighted by molar-refractivity contribution is -0.126. The fourth-order valence-corrected chi connectivity index (χ4v) is 6.37. The van der Waals surface area contributed by atoms with Gasteiger partial charge in [0.15, 0.2) is 6.29 Å². The van der Waals surface area contributed by atoms with Crippen molar-refractivity contribution in [2.75, 3.05) is 6.61 Å². The molecule has 3 aromatic carbocycles. The number of rotatable bonds is 5. The molecule has 0 amide bonds. The molecule has 1 aliphatic heterocycles. The minimum atomic E-state index is -0.375. The molecule has 3 aromatic rings. The monoisotopic (exact) mass is 584 g/mol. The Morgan fingerprint density at radius 1 is 0.698 bits per heavy atom. The van der Waals surface area contributed by atoms with Crippen molar-refractivity contribution in [3.05, 3.63) is 108 Å². The van der Waals surface area contributed by atoms with Crippen LogP contribution < -0.4 is 0 Å². The topological polar surface area (TPSA) is 88.1 Å². The van der Waals surface area contributed by atoms with Crippen molar-refractivity contribution < 1.29 is 33.3 Å². The largest absolute Gasteiger partial charge is 0.459 e. The lowest BCUT2D eigenvalue weighted by Gasteiger charge is -2.39. The van der Waals surface area contributed by atoms with Gasteiger partial charge < -0.3 is 18.9 Å². The summed E-state index contributed by atoms with van der Waals surface area (Å²) in [5, 5.41) is 0. The number of hydrogen-bond acceptors (Lipinski definition) is 7. The minimum absolute atomic E-state index is 0.149. The Morgan fingerprint density at radius 2 is 1.23 bits per heavy atom. The molecule has 3 fully saturated rings. The summed E-state index contributed by atoms with van der Waals surface area (Å²) in [6, 6.07) is 28.0. The van der Waals surface area contributed by atoms with Gasteiger partial charge in [0.2, 0.25) is 0 Å². The van der Waals surface area contributed by atoms with E-state index in [0.29, 0.717) is 48.8 Å². The fourth-order valence-electron chi connectivity index (χ4n) is 6.37. The number of Topliss-reactive ketones (excluding diaryl/α,β-unsaturated/α-hetero) is 1. The highest BCUT2D eigenvalue weighted by Gasteiger charge is 2.48. The van der Waals surface area contributed by atoms with Gasteiger partial charge in [-0.1, -0.05) is 80.6 Å².